The van der Waals surface area contributed by atoms with E-state index in [-0.39, 0.29) is 0 Å². The topological polar surface area (TPSA) is 44.1 Å². The Kier molecular flexibility index (Phi) is 5.03. The summed E-state index contributed by atoms with van der Waals surface area (Å²) in [5.74, 6) is 3.36. The Bertz CT molecular complexity index is 905. The van der Waals surface area contributed by atoms with Gasteiger partial charge in [-0.15, -0.1) is 0 Å². The Morgan fingerprint density at radius 2 is 1.93 bits per heavy atom. The number of ether oxygens (including phenoxy) is 3. The van der Waals surface area contributed by atoms with Crippen LogP contribution in [-0.4, -0.2) is 32.3 Å². The lowest BCUT2D eigenvalue weighted by molar-refractivity contribution is 0.204. The van der Waals surface area contributed by atoms with E-state index in [9.17, 15) is 0 Å². The highest BCUT2D eigenvalue weighted by atomic mass is 16.5. The van der Waals surface area contributed by atoms with Crippen molar-refractivity contribution in [2.45, 2.75) is 13.1 Å². The molecule has 0 amide bonds. The van der Waals surface area contributed by atoms with Crippen LogP contribution >= 0.6 is 0 Å². The van der Waals surface area contributed by atoms with Crippen molar-refractivity contribution >= 4 is 0 Å². The normalized spacial score (nSPS) is 14.1. The summed E-state index contributed by atoms with van der Waals surface area (Å²) >= 11 is 0. The first-order valence-electron chi connectivity index (χ1n) is 8.99. The Hall–Kier alpha value is -2.92. The lowest BCUT2D eigenvalue weighted by atomic mass is 10.0. The van der Waals surface area contributed by atoms with Gasteiger partial charge >= 0.3 is 0 Å². The Balaban J connectivity index is 1.69. The van der Waals surface area contributed by atoms with Crippen LogP contribution in [0.15, 0.2) is 59.2 Å². The second-order valence-electron chi connectivity index (χ2n) is 6.54. The summed E-state index contributed by atoms with van der Waals surface area (Å²) in [5, 5.41) is 0. The molecule has 27 heavy (non-hydrogen) atoms. The zero-order valence-electron chi connectivity index (χ0n) is 15.6. The molecule has 1 aromatic heterocycles. The fraction of sp³-hybridized carbons (Fsp3) is 0.273. The molecule has 0 radical (unpaired) electrons. The van der Waals surface area contributed by atoms with E-state index in [4.69, 9.17) is 18.6 Å². The van der Waals surface area contributed by atoms with Crippen LogP contribution in [0.4, 0.5) is 0 Å². The van der Waals surface area contributed by atoms with Crippen LogP contribution in [0.3, 0.4) is 0 Å². The average molecular weight is 365 g/mol. The van der Waals surface area contributed by atoms with Gasteiger partial charge in [0.15, 0.2) is 11.5 Å². The van der Waals surface area contributed by atoms with Crippen LogP contribution in [0.1, 0.15) is 11.3 Å². The molecule has 2 aromatic carbocycles. The lowest BCUT2D eigenvalue weighted by Crippen LogP contribution is -2.25. The molecule has 140 valence electrons. The summed E-state index contributed by atoms with van der Waals surface area (Å²) < 4.78 is 22.5. The third-order valence-electron chi connectivity index (χ3n) is 4.76. The van der Waals surface area contributed by atoms with Crippen LogP contribution in [0.25, 0.3) is 11.1 Å². The van der Waals surface area contributed by atoms with Crippen LogP contribution in [-0.2, 0) is 13.1 Å². The third kappa shape index (κ3) is 3.78. The number of methoxy groups -OCH3 is 2. The summed E-state index contributed by atoms with van der Waals surface area (Å²) in [6.07, 6.45) is 1.71. The van der Waals surface area contributed by atoms with Crippen LogP contribution in [0, 0.1) is 0 Å². The first kappa shape index (κ1) is 17.5. The van der Waals surface area contributed by atoms with Crippen molar-refractivity contribution in [3.05, 3.63) is 66.1 Å². The quantitative estimate of drug-likeness (QED) is 0.672. The monoisotopic (exact) mass is 365 g/mol. The first-order valence-corrected chi connectivity index (χ1v) is 8.99. The zero-order chi connectivity index (χ0) is 18.6. The molecule has 0 bridgehead atoms. The van der Waals surface area contributed by atoms with Crippen molar-refractivity contribution in [1.82, 2.24) is 4.90 Å². The van der Waals surface area contributed by atoms with Gasteiger partial charge in [-0.1, -0.05) is 12.1 Å². The van der Waals surface area contributed by atoms with Gasteiger partial charge in [0.25, 0.3) is 0 Å². The molecule has 0 saturated heterocycles. The SMILES string of the molecule is COc1cccc(-c2cc3c(c(OC)c2)OCCN(Cc2ccco2)C3)c1. The minimum absolute atomic E-state index is 0.614. The number of nitrogens with zero attached hydrogens (tertiary/aromatic N) is 1. The zero-order valence-corrected chi connectivity index (χ0v) is 15.6. The van der Waals surface area contributed by atoms with Crippen molar-refractivity contribution in [3.63, 3.8) is 0 Å². The van der Waals surface area contributed by atoms with Crippen LogP contribution in [0.5, 0.6) is 17.2 Å². The van der Waals surface area contributed by atoms with Gasteiger partial charge in [-0.3, -0.25) is 4.90 Å². The molecular weight excluding hydrogens is 342 g/mol. The number of fused-ring (bicyclic) bond motifs is 1. The number of hydrogen-bond donors (Lipinski definition) is 0. The first-order chi connectivity index (χ1) is 13.3. The summed E-state index contributed by atoms with van der Waals surface area (Å²) in [6, 6.07) is 16.1. The van der Waals surface area contributed by atoms with Gasteiger partial charge in [-0.2, -0.15) is 0 Å². The molecule has 2 heterocycles. The maximum absolute atomic E-state index is 6.03. The van der Waals surface area contributed by atoms with Crippen molar-refractivity contribution in [2.75, 3.05) is 27.4 Å². The highest BCUT2D eigenvalue weighted by molar-refractivity contribution is 5.70. The standard InChI is InChI=1S/C22H23NO4/c1-24-19-6-3-5-16(12-19)17-11-18-14-23(15-20-7-4-9-26-20)8-10-27-22(18)21(13-17)25-2/h3-7,9,11-13H,8,10,14-15H2,1-2H3. The summed E-state index contributed by atoms with van der Waals surface area (Å²) in [5.41, 5.74) is 3.27. The predicted octanol–water partition coefficient (Wildman–Crippen LogP) is 4.36. The molecule has 0 saturated carbocycles. The highest BCUT2D eigenvalue weighted by Gasteiger charge is 2.21. The predicted molar refractivity (Wildman–Crippen MR) is 103 cm³/mol. The lowest BCUT2D eigenvalue weighted by Gasteiger charge is -2.18. The Labute approximate surface area is 159 Å². The van der Waals surface area contributed by atoms with E-state index in [1.54, 1.807) is 20.5 Å². The molecule has 4 rings (SSSR count). The van der Waals surface area contributed by atoms with Gasteiger partial charge in [0.1, 0.15) is 18.1 Å². The van der Waals surface area contributed by atoms with E-state index in [0.717, 1.165) is 59.3 Å². The van der Waals surface area contributed by atoms with Gasteiger partial charge in [0.05, 0.1) is 27.0 Å². The smallest absolute Gasteiger partial charge is 0.165 e. The minimum atomic E-state index is 0.614. The average Bonchev–Trinajstić information content (AvgIpc) is 3.12. The maximum Gasteiger partial charge on any atom is 0.165 e. The molecule has 0 fully saturated rings. The summed E-state index contributed by atoms with van der Waals surface area (Å²) in [4.78, 5) is 2.32. The third-order valence-corrected chi connectivity index (χ3v) is 4.76. The molecule has 3 aromatic rings. The van der Waals surface area contributed by atoms with E-state index in [0.29, 0.717) is 6.61 Å². The fourth-order valence-electron chi connectivity index (χ4n) is 3.42. The van der Waals surface area contributed by atoms with E-state index >= 15 is 0 Å². The largest absolute Gasteiger partial charge is 0.497 e. The number of hydrogen-bond acceptors (Lipinski definition) is 5. The number of benzene rings is 2. The van der Waals surface area contributed by atoms with Crippen molar-refractivity contribution in [3.8, 4) is 28.4 Å². The Morgan fingerprint density at radius 1 is 1.00 bits per heavy atom. The highest BCUT2D eigenvalue weighted by Crippen LogP contribution is 2.39. The minimum Gasteiger partial charge on any atom is -0.497 e. The van der Waals surface area contributed by atoms with Gasteiger partial charge in [-0.05, 0) is 47.5 Å². The molecular formula is C22H23NO4. The molecule has 1 aliphatic heterocycles. The second-order valence-corrected chi connectivity index (χ2v) is 6.54. The molecule has 0 spiro atoms. The van der Waals surface area contributed by atoms with E-state index in [2.05, 4.69) is 17.0 Å². The molecule has 0 aliphatic carbocycles. The van der Waals surface area contributed by atoms with E-state index in [1.165, 1.54) is 0 Å². The number of rotatable bonds is 5. The molecule has 1 aliphatic rings. The Morgan fingerprint density at radius 3 is 2.70 bits per heavy atom. The molecule has 0 atom stereocenters. The van der Waals surface area contributed by atoms with Crippen molar-refractivity contribution < 1.29 is 18.6 Å². The number of furan rings is 1. The second kappa shape index (κ2) is 7.76. The molecule has 5 heteroatoms. The summed E-state index contributed by atoms with van der Waals surface area (Å²) in [6.45, 7) is 2.96. The molecule has 0 unspecified atom stereocenters. The van der Waals surface area contributed by atoms with Crippen molar-refractivity contribution in [1.29, 1.82) is 0 Å². The van der Waals surface area contributed by atoms with Crippen LogP contribution in [0.2, 0.25) is 0 Å². The summed E-state index contributed by atoms with van der Waals surface area (Å²) in [7, 11) is 3.36. The van der Waals surface area contributed by atoms with E-state index < -0.39 is 0 Å². The van der Waals surface area contributed by atoms with Crippen LogP contribution < -0.4 is 14.2 Å². The molecule has 5 nitrogen and oxygen atoms in total. The molecule has 0 N–H and O–H groups in total. The maximum atomic E-state index is 6.03. The fourth-order valence-corrected chi connectivity index (χ4v) is 3.42. The van der Waals surface area contributed by atoms with Gasteiger partial charge in [0.2, 0.25) is 0 Å². The van der Waals surface area contributed by atoms with Gasteiger partial charge < -0.3 is 18.6 Å². The van der Waals surface area contributed by atoms with E-state index in [1.807, 2.05) is 36.4 Å². The van der Waals surface area contributed by atoms with Gasteiger partial charge in [-0.25, -0.2) is 0 Å². The van der Waals surface area contributed by atoms with Crippen molar-refractivity contribution in [2.24, 2.45) is 0 Å². The van der Waals surface area contributed by atoms with Gasteiger partial charge in [0, 0.05) is 18.7 Å².